The summed E-state index contributed by atoms with van der Waals surface area (Å²) in [6.45, 7) is 4.16. The van der Waals surface area contributed by atoms with E-state index in [1.807, 2.05) is 0 Å². The Morgan fingerprint density at radius 3 is 2.71 bits per heavy atom. The molecule has 0 saturated carbocycles. The fraction of sp³-hybridized carbons (Fsp3) is 0.333. The molecule has 2 heteroatoms. The van der Waals surface area contributed by atoms with E-state index in [-0.39, 0.29) is 6.23 Å². The van der Waals surface area contributed by atoms with Gasteiger partial charge in [-0.3, -0.25) is 0 Å². The van der Waals surface area contributed by atoms with Crippen LogP contribution in [0, 0.1) is 6.92 Å². The van der Waals surface area contributed by atoms with Gasteiger partial charge in [0.25, 0.3) is 0 Å². The fourth-order valence-electron chi connectivity index (χ4n) is 1.90. The predicted octanol–water partition coefficient (Wildman–Crippen LogP) is 3.11. The minimum absolute atomic E-state index is 0.0925. The molecule has 1 atom stereocenters. The molecule has 0 saturated heterocycles. The standard InChI is InChI=1S/C12H15NO/c1-9-8-11-6-4-5-7-12(11)13(9)10(2)14-3/h4-8,10H,1-3H3. The Balaban J connectivity index is 2.67. The molecule has 1 aromatic heterocycles. The Morgan fingerprint density at radius 1 is 1.29 bits per heavy atom. The average molecular weight is 189 g/mol. The number of aromatic nitrogens is 1. The second-order valence-electron chi connectivity index (χ2n) is 3.55. The first kappa shape index (κ1) is 9.28. The summed E-state index contributed by atoms with van der Waals surface area (Å²) < 4.78 is 7.55. The zero-order valence-electron chi connectivity index (χ0n) is 8.82. The summed E-state index contributed by atoms with van der Waals surface area (Å²) in [4.78, 5) is 0. The third-order valence-electron chi connectivity index (χ3n) is 2.65. The van der Waals surface area contributed by atoms with Crippen molar-refractivity contribution in [2.75, 3.05) is 7.11 Å². The van der Waals surface area contributed by atoms with Gasteiger partial charge in [0, 0.05) is 12.8 Å². The van der Waals surface area contributed by atoms with Gasteiger partial charge >= 0.3 is 0 Å². The lowest BCUT2D eigenvalue weighted by Gasteiger charge is -2.15. The van der Waals surface area contributed by atoms with Crippen molar-refractivity contribution in [3.8, 4) is 0 Å². The quantitative estimate of drug-likeness (QED) is 0.708. The molecule has 1 unspecified atom stereocenters. The van der Waals surface area contributed by atoms with E-state index in [1.54, 1.807) is 7.11 Å². The smallest absolute Gasteiger partial charge is 0.130 e. The van der Waals surface area contributed by atoms with Gasteiger partial charge in [-0.05, 0) is 31.4 Å². The van der Waals surface area contributed by atoms with Gasteiger partial charge in [0.2, 0.25) is 0 Å². The number of ether oxygens (including phenoxy) is 1. The second-order valence-corrected chi connectivity index (χ2v) is 3.55. The average Bonchev–Trinajstić information content (AvgIpc) is 2.53. The van der Waals surface area contributed by atoms with Crippen LogP contribution in [0.4, 0.5) is 0 Å². The topological polar surface area (TPSA) is 14.2 Å². The molecule has 2 aromatic rings. The van der Waals surface area contributed by atoms with Crippen LogP contribution in [-0.4, -0.2) is 11.7 Å². The van der Waals surface area contributed by atoms with Crippen LogP contribution in [0.25, 0.3) is 10.9 Å². The number of fused-ring (bicyclic) bond motifs is 1. The molecule has 0 amide bonds. The maximum Gasteiger partial charge on any atom is 0.130 e. The van der Waals surface area contributed by atoms with Crippen molar-refractivity contribution in [1.29, 1.82) is 0 Å². The maximum atomic E-state index is 5.35. The predicted molar refractivity (Wildman–Crippen MR) is 58.4 cm³/mol. The fourth-order valence-corrected chi connectivity index (χ4v) is 1.90. The third-order valence-corrected chi connectivity index (χ3v) is 2.65. The van der Waals surface area contributed by atoms with Crippen molar-refractivity contribution < 1.29 is 4.74 Å². The molecule has 14 heavy (non-hydrogen) atoms. The highest BCUT2D eigenvalue weighted by Crippen LogP contribution is 2.23. The number of nitrogens with zero attached hydrogens (tertiary/aromatic N) is 1. The number of methoxy groups -OCH3 is 1. The molecule has 0 bridgehead atoms. The van der Waals surface area contributed by atoms with E-state index in [4.69, 9.17) is 4.74 Å². The first-order valence-corrected chi connectivity index (χ1v) is 4.83. The van der Waals surface area contributed by atoms with Crippen molar-refractivity contribution in [2.24, 2.45) is 0 Å². The van der Waals surface area contributed by atoms with E-state index >= 15 is 0 Å². The lowest BCUT2D eigenvalue weighted by Crippen LogP contribution is -2.07. The van der Waals surface area contributed by atoms with Gasteiger partial charge in [-0.1, -0.05) is 18.2 Å². The summed E-state index contributed by atoms with van der Waals surface area (Å²) in [6.07, 6.45) is 0.0925. The first-order chi connectivity index (χ1) is 6.74. The Hall–Kier alpha value is -1.28. The summed E-state index contributed by atoms with van der Waals surface area (Å²) in [5.74, 6) is 0. The highest BCUT2D eigenvalue weighted by molar-refractivity contribution is 5.81. The van der Waals surface area contributed by atoms with Crippen molar-refractivity contribution in [3.63, 3.8) is 0 Å². The summed E-state index contributed by atoms with van der Waals surface area (Å²) in [5, 5.41) is 1.27. The number of benzene rings is 1. The lowest BCUT2D eigenvalue weighted by atomic mass is 10.2. The molecule has 1 heterocycles. The number of hydrogen-bond acceptors (Lipinski definition) is 1. The van der Waals surface area contributed by atoms with Crippen LogP contribution < -0.4 is 0 Å². The Labute approximate surface area is 84.1 Å². The van der Waals surface area contributed by atoms with Gasteiger partial charge in [0.15, 0.2) is 0 Å². The molecule has 2 rings (SSSR count). The zero-order chi connectivity index (χ0) is 10.1. The van der Waals surface area contributed by atoms with Crippen LogP contribution in [0.1, 0.15) is 18.8 Å². The van der Waals surface area contributed by atoms with Gasteiger partial charge < -0.3 is 9.30 Å². The van der Waals surface area contributed by atoms with E-state index in [1.165, 1.54) is 16.6 Å². The van der Waals surface area contributed by atoms with E-state index in [0.717, 1.165) is 0 Å². The van der Waals surface area contributed by atoms with Crippen molar-refractivity contribution >= 4 is 10.9 Å². The van der Waals surface area contributed by atoms with Crippen molar-refractivity contribution in [1.82, 2.24) is 4.57 Å². The summed E-state index contributed by atoms with van der Waals surface area (Å²) in [6, 6.07) is 10.5. The normalized spacial score (nSPS) is 13.4. The monoisotopic (exact) mass is 189 g/mol. The molecule has 0 radical (unpaired) electrons. The van der Waals surface area contributed by atoms with Crippen LogP contribution in [-0.2, 0) is 4.74 Å². The van der Waals surface area contributed by atoms with Crippen LogP contribution in [0.2, 0.25) is 0 Å². The van der Waals surface area contributed by atoms with E-state index in [2.05, 4.69) is 48.7 Å². The van der Waals surface area contributed by atoms with E-state index in [0.29, 0.717) is 0 Å². The maximum absolute atomic E-state index is 5.35. The van der Waals surface area contributed by atoms with Crippen LogP contribution >= 0.6 is 0 Å². The summed E-state index contributed by atoms with van der Waals surface area (Å²) >= 11 is 0. The van der Waals surface area contributed by atoms with Gasteiger partial charge in [0.1, 0.15) is 6.23 Å². The van der Waals surface area contributed by atoms with Gasteiger partial charge in [-0.2, -0.15) is 0 Å². The zero-order valence-corrected chi connectivity index (χ0v) is 8.82. The SMILES string of the molecule is COC(C)n1c(C)cc2ccccc21. The molecule has 74 valence electrons. The molecule has 0 aliphatic carbocycles. The van der Waals surface area contributed by atoms with Gasteiger partial charge in [-0.15, -0.1) is 0 Å². The van der Waals surface area contributed by atoms with Crippen molar-refractivity contribution in [2.45, 2.75) is 20.1 Å². The Kier molecular flexibility index (Phi) is 2.30. The highest BCUT2D eigenvalue weighted by Gasteiger charge is 2.09. The van der Waals surface area contributed by atoms with Gasteiger partial charge in [0.05, 0.1) is 5.52 Å². The first-order valence-electron chi connectivity index (χ1n) is 4.83. The number of aryl methyl sites for hydroxylation is 1. The summed E-state index contributed by atoms with van der Waals surface area (Å²) in [5.41, 5.74) is 2.47. The molecular formula is C12H15NO. The second kappa shape index (κ2) is 3.46. The molecule has 0 spiro atoms. The number of hydrogen-bond donors (Lipinski definition) is 0. The van der Waals surface area contributed by atoms with Crippen LogP contribution in [0.15, 0.2) is 30.3 Å². The van der Waals surface area contributed by atoms with E-state index in [9.17, 15) is 0 Å². The molecule has 0 N–H and O–H groups in total. The third kappa shape index (κ3) is 1.32. The molecule has 0 fully saturated rings. The molecule has 0 aliphatic heterocycles. The van der Waals surface area contributed by atoms with Crippen LogP contribution in [0.5, 0.6) is 0 Å². The van der Waals surface area contributed by atoms with Crippen molar-refractivity contribution in [3.05, 3.63) is 36.0 Å². The molecule has 0 aliphatic rings. The number of rotatable bonds is 2. The largest absolute Gasteiger partial charge is 0.362 e. The van der Waals surface area contributed by atoms with Crippen LogP contribution in [0.3, 0.4) is 0 Å². The molecular weight excluding hydrogens is 174 g/mol. The Bertz CT molecular complexity index is 445. The highest BCUT2D eigenvalue weighted by atomic mass is 16.5. The Morgan fingerprint density at radius 2 is 2.00 bits per heavy atom. The van der Waals surface area contributed by atoms with Gasteiger partial charge in [-0.25, -0.2) is 0 Å². The summed E-state index contributed by atoms with van der Waals surface area (Å²) in [7, 11) is 1.74. The van der Waals surface area contributed by atoms with E-state index < -0.39 is 0 Å². The minimum Gasteiger partial charge on any atom is -0.362 e. The lowest BCUT2D eigenvalue weighted by molar-refractivity contribution is 0.0627. The minimum atomic E-state index is 0.0925. The molecule has 2 nitrogen and oxygen atoms in total. The molecule has 1 aromatic carbocycles. The number of para-hydroxylation sites is 1.